The van der Waals surface area contributed by atoms with Crippen LogP contribution in [0.3, 0.4) is 0 Å². The molecule has 5 rings (SSSR count). The van der Waals surface area contributed by atoms with E-state index in [4.69, 9.17) is 0 Å². The summed E-state index contributed by atoms with van der Waals surface area (Å²) >= 11 is 0. The van der Waals surface area contributed by atoms with Gasteiger partial charge < -0.3 is 15.1 Å². The van der Waals surface area contributed by atoms with E-state index < -0.39 is 5.82 Å². The van der Waals surface area contributed by atoms with Gasteiger partial charge in [0.25, 0.3) is 5.91 Å². The largest absolute Gasteiger partial charge is 0.361 e. The maximum atomic E-state index is 14.7. The Morgan fingerprint density at radius 3 is 2.42 bits per heavy atom. The Hall–Kier alpha value is -4.25. The Labute approximate surface area is 220 Å². The first-order valence-corrected chi connectivity index (χ1v) is 12.5. The van der Waals surface area contributed by atoms with Gasteiger partial charge in [-0.05, 0) is 38.1 Å². The highest BCUT2D eigenvalue weighted by Crippen LogP contribution is 2.26. The predicted molar refractivity (Wildman–Crippen MR) is 145 cm³/mol. The van der Waals surface area contributed by atoms with Gasteiger partial charge in [-0.15, -0.1) is 0 Å². The van der Waals surface area contributed by atoms with Gasteiger partial charge in [-0.2, -0.15) is 0 Å². The van der Waals surface area contributed by atoms with Crippen LogP contribution in [0.15, 0.2) is 48.9 Å². The van der Waals surface area contributed by atoms with Crippen molar-refractivity contribution in [1.29, 1.82) is 0 Å². The molecule has 1 aliphatic heterocycles. The third kappa shape index (κ3) is 5.37. The number of hydrogen-bond acceptors (Lipinski definition) is 9. The molecule has 38 heavy (non-hydrogen) atoms. The number of halogens is 1. The lowest BCUT2D eigenvalue weighted by Gasteiger charge is -2.36. The fraction of sp³-hybridized carbons (Fsp3) is 0.333. The minimum absolute atomic E-state index is 0.0374. The number of nitrogens with zero attached hydrogens (tertiary/aromatic N) is 8. The topological polar surface area (TPSA) is 103 Å². The van der Waals surface area contributed by atoms with E-state index in [0.29, 0.717) is 52.9 Å². The molecule has 196 valence electrons. The monoisotopic (exact) mass is 515 g/mol. The second kappa shape index (κ2) is 10.6. The number of fused-ring (bicyclic) bond motifs is 1. The van der Waals surface area contributed by atoms with Gasteiger partial charge in [0.05, 0.1) is 29.0 Å². The van der Waals surface area contributed by atoms with Crippen LogP contribution in [0.25, 0.3) is 22.3 Å². The SMILES string of the molecule is CC(C)N1CCN(C(=O)c2ccc(Nc3ncc(F)c(-c4ccc5ncc(N(C)C)nc5c4)n3)nc2)CC1. The minimum atomic E-state index is -0.557. The van der Waals surface area contributed by atoms with Crippen molar-refractivity contribution in [1.82, 2.24) is 34.7 Å². The standard InChI is InChI=1S/C27H30FN9O/c1-17(2)36-9-11-37(12-10-36)26(38)19-6-8-23(30-14-19)33-27-31-15-20(28)25(34-27)18-5-7-21-22(13-18)32-24(16-29-21)35(3)4/h5-8,13-17H,9-12H2,1-4H3,(H,30,31,33,34). The van der Waals surface area contributed by atoms with Crippen molar-refractivity contribution in [3.05, 3.63) is 60.3 Å². The van der Waals surface area contributed by atoms with Crippen LogP contribution in [0.2, 0.25) is 0 Å². The van der Waals surface area contributed by atoms with Crippen molar-refractivity contribution in [2.45, 2.75) is 19.9 Å². The van der Waals surface area contributed by atoms with E-state index in [1.807, 2.05) is 23.9 Å². The lowest BCUT2D eigenvalue weighted by Crippen LogP contribution is -2.50. The molecule has 1 saturated heterocycles. The molecule has 0 bridgehead atoms. The van der Waals surface area contributed by atoms with Crippen LogP contribution < -0.4 is 10.2 Å². The highest BCUT2D eigenvalue weighted by atomic mass is 19.1. The maximum absolute atomic E-state index is 14.7. The minimum Gasteiger partial charge on any atom is -0.361 e. The van der Waals surface area contributed by atoms with E-state index in [1.165, 1.54) is 6.20 Å². The summed E-state index contributed by atoms with van der Waals surface area (Å²) in [6.45, 7) is 7.44. The molecular formula is C27H30FN9O. The van der Waals surface area contributed by atoms with Crippen LogP contribution in [-0.2, 0) is 0 Å². The van der Waals surface area contributed by atoms with E-state index in [2.05, 4.69) is 49.0 Å². The normalized spacial score (nSPS) is 14.2. The van der Waals surface area contributed by atoms with E-state index in [0.717, 1.165) is 19.3 Å². The zero-order valence-corrected chi connectivity index (χ0v) is 21.9. The Bertz CT molecular complexity index is 1450. The summed E-state index contributed by atoms with van der Waals surface area (Å²) in [6.07, 6.45) is 4.34. The molecule has 0 spiro atoms. The van der Waals surface area contributed by atoms with Gasteiger partial charge in [-0.3, -0.25) is 14.7 Å². The summed E-state index contributed by atoms with van der Waals surface area (Å²) in [5, 5.41) is 3.00. The summed E-state index contributed by atoms with van der Waals surface area (Å²) in [5.41, 5.74) is 2.54. The Morgan fingerprint density at radius 1 is 0.947 bits per heavy atom. The number of pyridine rings is 1. The van der Waals surface area contributed by atoms with E-state index in [1.54, 1.807) is 36.5 Å². The molecule has 3 aromatic heterocycles. The third-order valence-electron chi connectivity index (χ3n) is 6.59. The molecule has 0 aliphatic carbocycles. The second-order valence-corrected chi connectivity index (χ2v) is 9.70. The Morgan fingerprint density at radius 2 is 1.74 bits per heavy atom. The van der Waals surface area contributed by atoms with Crippen LogP contribution in [0, 0.1) is 5.82 Å². The first kappa shape index (κ1) is 25.4. The van der Waals surface area contributed by atoms with Crippen molar-refractivity contribution < 1.29 is 9.18 Å². The molecule has 1 amide bonds. The van der Waals surface area contributed by atoms with Crippen LogP contribution in [0.5, 0.6) is 0 Å². The second-order valence-electron chi connectivity index (χ2n) is 9.70. The maximum Gasteiger partial charge on any atom is 0.255 e. The van der Waals surface area contributed by atoms with Crippen molar-refractivity contribution >= 4 is 34.5 Å². The van der Waals surface area contributed by atoms with Gasteiger partial charge in [0.2, 0.25) is 5.95 Å². The number of amides is 1. The number of nitrogens with one attached hydrogen (secondary N) is 1. The number of anilines is 3. The molecule has 1 N–H and O–H groups in total. The number of hydrogen-bond donors (Lipinski definition) is 1. The molecule has 1 aliphatic rings. The molecule has 0 radical (unpaired) electrons. The molecule has 11 heteroatoms. The Kier molecular flexibility index (Phi) is 7.10. The number of aromatic nitrogens is 5. The van der Waals surface area contributed by atoms with Gasteiger partial charge in [0.1, 0.15) is 17.3 Å². The van der Waals surface area contributed by atoms with E-state index in [9.17, 15) is 9.18 Å². The number of carbonyl (C=O) groups excluding carboxylic acids is 1. The highest BCUT2D eigenvalue weighted by molar-refractivity contribution is 5.94. The van der Waals surface area contributed by atoms with E-state index in [-0.39, 0.29) is 17.5 Å². The Balaban J connectivity index is 1.31. The average Bonchev–Trinajstić information content (AvgIpc) is 2.93. The number of carbonyl (C=O) groups is 1. The first-order valence-electron chi connectivity index (χ1n) is 12.5. The predicted octanol–water partition coefficient (Wildman–Crippen LogP) is 3.60. The van der Waals surface area contributed by atoms with Crippen molar-refractivity contribution in [3.8, 4) is 11.3 Å². The molecular weight excluding hydrogens is 485 g/mol. The number of rotatable bonds is 6. The third-order valence-corrected chi connectivity index (χ3v) is 6.59. The lowest BCUT2D eigenvalue weighted by atomic mass is 10.1. The molecule has 4 heterocycles. The summed E-state index contributed by atoms with van der Waals surface area (Å²) in [5.74, 6) is 0.739. The van der Waals surface area contributed by atoms with Crippen LogP contribution >= 0.6 is 0 Å². The first-order chi connectivity index (χ1) is 18.3. The molecule has 10 nitrogen and oxygen atoms in total. The average molecular weight is 516 g/mol. The molecule has 0 saturated carbocycles. The van der Waals surface area contributed by atoms with Gasteiger partial charge in [0.15, 0.2) is 5.82 Å². The van der Waals surface area contributed by atoms with Crippen molar-refractivity contribution in [3.63, 3.8) is 0 Å². The van der Waals surface area contributed by atoms with Crippen LogP contribution in [0.1, 0.15) is 24.2 Å². The fourth-order valence-corrected chi connectivity index (χ4v) is 4.33. The number of piperazine rings is 1. The van der Waals surface area contributed by atoms with Gasteiger partial charge in [-0.25, -0.2) is 24.3 Å². The molecule has 1 aromatic carbocycles. The zero-order chi connectivity index (χ0) is 26.8. The quantitative estimate of drug-likeness (QED) is 0.413. The van der Waals surface area contributed by atoms with E-state index >= 15 is 0 Å². The summed E-state index contributed by atoms with van der Waals surface area (Å²) in [6, 6.07) is 9.18. The number of benzene rings is 1. The van der Waals surface area contributed by atoms with Crippen molar-refractivity contribution in [2.75, 3.05) is 50.5 Å². The van der Waals surface area contributed by atoms with Gasteiger partial charge in [-0.1, -0.05) is 6.07 Å². The summed E-state index contributed by atoms with van der Waals surface area (Å²) < 4.78 is 14.7. The smallest absolute Gasteiger partial charge is 0.255 e. The lowest BCUT2D eigenvalue weighted by molar-refractivity contribution is 0.0595. The summed E-state index contributed by atoms with van der Waals surface area (Å²) in [7, 11) is 3.76. The molecule has 0 unspecified atom stereocenters. The van der Waals surface area contributed by atoms with Crippen LogP contribution in [0.4, 0.5) is 22.0 Å². The molecule has 4 aromatic rings. The zero-order valence-electron chi connectivity index (χ0n) is 21.9. The summed E-state index contributed by atoms with van der Waals surface area (Å²) in [4.78, 5) is 40.8. The molecule has 1 fully saturated rings. The highest BCUT2D eigenvalue weighted by Gasteiger charge is 2.23. The van der Waals surface area contributed by atoms with Gasteiger partial charge in [0, 0.05) is 58.1 Å². The molecule has 0 atom stereocenters. The van der Waals surface area contributed by atoms with Crippen molar-refractivity contribution in [2.24, 2.45) is 0 Å². The fourth-order valence-electron chi connectivity index (χ4n) is 4.33. The van der Waals surface area contributed by atoms with Gasteiger partial charge >= 0.3 is 0 Å². The van der Waals surface area contributed by atoms with Crippen LogP contribution in [-0.4, -0.2) is 86.9 Å².